The number of nitrogens with one attached hydrogen (secondary N) is 1. The first-order chi connectivity index (χ1) is 7.02. The second-order valence-electron chi connectivity index (χ2n) is 2.52. The summed E-state index contributed by atoms with van der Waals surface area (Å²) in [6.45, 7) is -0.626. The number of carboxylic acids is 2. The lowest BCUT2D eigenvalue weighted by Gasteiger charge is -1.93. The molecule has 0 fully saturated rings. The van der Waals surface area contributed by atoms with Crippen LogP contribution >= 0.6 is 0 Å². The molecule has 1 aromatic heterocycles. The Morgan fingerprint density at radius 3 is 1.73 bits per heavy atom. The monoisotopic (exact) mass is 215 g/mol. The molecule has 0 saturated heterocycles. The SMILES string of the molecule is Nn1cccc1.O=C(O)CNCC(=O)O. The van der Waals surface area contributed by atoms with Crippen LogP contribution in [0.2, 0.25) is 0 Å². The third kappa shape index (κ3) is 9.90. The summed E-state index contributed by atoms with van der Waals surface area (Å²) < 4.78 is 1.50. The van der Waals surface area contributed by atoms with E-state index in [2.05, 4.69) is 5.32 Å². The standard InChI is InChI=1S/C4H6N2.C4H7NO4/c5-6-3-1-2-4-6;6-3(7)1-5-2-4(8)9/h1-4H,5H2;5H,1-2H2,(H,6,7)(H,8,9). The van der Waals surface area contributed by atoms with Crippen LogP contribution in [0.4, 0.5) is 0 Å². The smallest absolute Gasteiger partial charge is 0.317 e. The van der Waals surface area contributed by atoms with E-state index in [-0.39, 0.29) is 13.1 Å². The number of aromatic nitrogens is 1. The van der Waals surface area contributed by atoms with Crippen molar-refractivity contribution in [1.82, 2.24) is 9.99 Å². The molecule has 84 valence electrons. The van der Waals surface area contributed by atoms with Gasteiger partial charge >= 0.3 is 11.9 Å². The quantitative estimate of drug-likeness (QED) is 0.476. The molecule has 0 aliphatic rings. The number of carboxylic acid groups (broad SMARTS) is 2. The molecule has 15 heavy (non-hydrogen) atoms. The number of nitrogens with zero attached hydrogens (tertiary/aromatic N) is 1. The van der Waals surface area contributed by atoms with Crippen LogP contribution in [0.15, 0.2) is 24.5 Å². The number of carbonyl (C=O) groups is 2. The van der Waals surface area contributed by atoms with Crippen molar-refractivity contribution in [2.75, 3.05) is 18.9 Å². The van der Waals surface area contributed by atoms with Gasteiger partial charge in [-0.05, 0) is 12.1 Å². The molecule has 0 unspecified atom stereocenters. The predicted octanol–water partition coefficient (Wildman–Crippen LogP) is -1.05. The molecule has 1 heterocycles. The van der Waals surface area contributed by atoms with Crippen molar-refractivity contribution in [2.45, 2.75) is 0 Å². The summed E-state index contributed by atoms with van der Waals surface area (Å²) >= 11 is 0. The zero-order valence-corrected chi connectivity index (χ0v) is 7.96. The lowest BCUT2D eigenvalue weighted by molar-refractivity contribution is -0.137. The van der Waals surface area contributed by atoms with Crippen LogP contribution in [0.25, 0.3) is 0 Å². The Labute approximate surface area is 86.1 Å². The van der Waals surface area contributed by atoms with Crippen LogP contribution in [-0.4, -0.2) is 39.9 Å². The minimum absolute atomic E-state index is 0.313. The molecular formula is C8H13N3O4. The minimum atomic E-state index is -1.06. The average molecular weight is 215 g/mol. The maximum Gasteiger partial charge on any atom is 0.317 e. The Bertz CT molecular complexity index is 283. The average Bonchev–Trinajstić information content (AvgIpc) is 2.55. The van der Waals surface area contributed by atoms with E-state index in [1.54, 1.807) is 12.4 Å². The van der Waals surface area contributed by atoms with E-state index in [9.17, 15) is 9.59 Å². The lowest BCUT2D eigenvalue weighted by Crippen LogP contribution is -2.27. The molecular weight excluding hydrogens is 202 g/mol. The molecule has 1 aromatic rings. The summed E-state index contributed by atoms with van der Waals surface area (Å²) in [5.41, 5.74) is 0. The van der Waals surface area contributed by atoms with Crippen LogP contribution in [0.3, 0.4) is 0 Å². The zero-order valence-electron chi connectivity index (χ0n) is 7.96. The van der Waals surface area contributed by atoms with Crippen molar-refractivity contribution in [2.24, 2.45) is 0 Å². The molecule has 0 amide bonds. The Kier molecular flexibility index (Phi) is 6.39. The summed E-state index contributed by atoms with van der Waals surface area (Å²) in [5.74, 6) is 3.08. The fraction of sp³-hybridized carbons (Fsp3) is 0.250. The Balaban J connectivity index is 0.000000280. The summed E-state index contributed by atoms with van der Waals surface area (Å²) in [7, 11) is 0. The molecule has 7 heteroatoms. The number of nitrogen functional groups attached to an aromatic ring is 1. The van der Waals surface area contributed by atoms with Gasteiger partial charge in [0.05, 0.1) is 13.1 Å². The van der Waals surface area contributed by atoms with Gasteiger partial charge in [0.1, 0.15) is 0 Å². The van der Waals surface area contributed by atoms with Gasteiger partial charge in [0.25, 0.3) is 0 Å². The predicted molar refractivity (Wildman–Crippen MR) is 52.7 cm³/mol. The molecule has 0 radical (unpaired) electrons. The molecule has 0 aliphatic heterocycles. The van der Waals surface area contributed by atoms with Crippen molar-refractivity contribution in [3.63, 3.8) is 0 Å². The summed E-state index contributed by atoms with van der Waals surface area (Å²) in [6.07, 6.45) is 3.56. The number of hydrogen-bond donors (Lipinski definition) is 4. The van der Waals surface area contributed by atoms with E-state index >= 15 is 0 Å². The summed E-state index contributed by atoms with van der Waals surface area (Å²) in [4.78, 5) is 19.5. The fourth-order valence-electron chi connectivity index (χ4n) is 0.624. The van der Waals surface area contributed by atoms with Crippen molar-refractivity contribution in [3.05, 3.63) is 24.5 Å². The first-order valence-electron chi connectivity index (χ1n) is 4.04. The van der Waals surface area contributed by atoms with E-state index in [0.717, 1.165) is 0 Å². The van der Waals surface area contributed by atoms with Crippen molar-refractivity contribution >= 4 is 11.9 Å². The van der Waals surface area contributed by atoms with Gasteiger partial charge in [-0.15, -0.1) is 0 Å². The molecule has 0 atom stereocenters. The van der Waals surface area contributed by atoms with Crippen LogP contribution in [0, 0.1) is 0 Å². The maximum absolute atomic E-state index is 9.73. The highest BCUT2D eigenvalue weighted by Crippen LogP contribution is 1.77. The van der Waals surface area contributed by atoms with Gasteiger partial charge in [-0.1, -0.05) is 0 Å². The topological polar surface area (TPSA) is 118 Å². The van der Waals surface area contributed by atoms with Gasteiger partial charge in [-0.25, -0.2) is 0 Å². The molecule has 0 bridgehead atoms. The Morgan fingerprint density at radius 1 is 1.13 bits per heavy atom. The molecule has 0 aromatic carbocycles. The van der Waals surface area contributed by atoms with Gasteiger partial charge in [0.2, 0.25) is 0 Å². The van der Waals surface area contributed by atoms with E-state index in [4.69, 9.17) is 16.1 Å². The molecule has 0 saturated carbocycles. The van der Waals surface area contributed by atoms with Gasteiger partial charge < -0.3 is 16.1 Å². The van der Waals surface area contributed by atoms with E-state index < -0.39 is 11.9 Å². The Morgan fingerprint density at radius 2 is 1.53 bits per heavy atom. The number of nitrogens with two attached hydrogens (primary N) is 1. The van der Waals surface area contributed by atoms with E-state index in [1.165, 1.54) is 4.68 Å². The third-order valence-electron chi connectivity index (χ3n) is 1.18. The highest BCUT2D eigenvalue weighted by molar-refractivity contribution is 5.72. The van der Waals surface area contributed by atoms with E-state index in [1.807, 2.05) is 12.1 Å². The second kappa shape index (κ2) is 7.39. The van der Waals surface area contributed by atoms with Crippen LogP contribution in [0.1, 0.15) is 0 Å². The van der Waals surface area contributed by atoms with Gasteiger partial charge in [-0.3, -0.25) is 19.6 Å². The first kappa shape index (κ1) is 13.0. The summed E-state index contributed by atoms with van der Waals surface area (Å²) in [6, 6.07) is 3.75. The highest BCUT2D eigenvalue weighted by Gasteiger charge is 1.97. The van der Waals surface area contributed by atoms with Gasteiger partial charge in [0.15, 0.2) is 0 Å². The van der Waals surface area contributed by atoms with Crippen molar-refractivity contribution in [3.8, 4) is 0 Å². The van der Waals surface area contributed by atoms with Gasteiger partial charge in [-0.2, -0.15) is 0 Å². The van der Waals surface area contributed by atoms with Crippen LogP contribution in [0.5, 0.6) is 0 Å². The maximum atomic E-state index is 9.73. The number of hydrogen-bond acceptors (Lipinski definition) is 4. The van der Waals surface area contributed by atoms with Crippen molar-refractivity contribution in [1.29, 1.82) is 0 Å². The zero-order chi connectivity index (χ0) is 11.7. The largest absolute Gasteiger partial charge is 0.480 e. The van der Waals surface area contributed by atoms with Crippen LogP contribution in [-0.2, 0) is 9.59 Å². The fourth-order valence-corrected chi connectivity index (χ4v) is 0.624. The normalized spacial score (nSPS) is 8.80. The third-order valence-corrected chi connectivity index (χ3v) is 1.18. The number of aliphatic carboxylic acids is 2. The first-order valence-corrected chi connectivity index (χ1v) is 4.04. The molecule has 1 rings (SSSR count). The molecule has 0 spiro atoms. The number of rotatable bonds is 4. The van der Waals surface area contributed by atoms with Gasteiger partial charge in [0, 0.05) is 12.4 Å². The van der Waals surface area contributed by atoms with E-state index in [0.29, 0.717) is 0 Å². The molecule has 7 nitrogen and oxygen atoms in total. The molecule has 0 aliphatic carbocycles. The minimum Gasteiger partial charge on any atom is -0.480 e. The lowest BCUT2D eigenvalue weighted by atomic mass is 10.6. The van der Waals surface area contributed by atoms with Crippen LogP contribution < -0.4 is 11.2 Å². The van der Waals surface area contributed by atoms with Crippen molar-refractivity contribution < 1.29 is 19.8 Å². The highest BCUT2D eigenvalue weighted by atomic mass is 16.4. The molecule has 5 N–H and O–H groups in total. The Hall–Kier alpha value is -2.02. The second-order valence-corrected chi connectivity index (χ2v) is 2.52. The summed E-state index contributed by atoms with van der Waals surface area (Å²) in [5, 5.41) is 18.1.